The normalized spacial score (nSPS) is 10.2. The third-order valence-corrected chi connectivity index (χ3v) is 3.11. The van der Waals surface area contributed by atoms with E-state index in [0.717, 1.165) is 19.3 Å². The summed E-state index contributed by atoms with van der Waals surface area (Å²) in [6, 6.07) is 2.12. The van der Waals surface area contributed by atoms with Gasteiger partial charge in [-0.25, -0.2) is 9.59 Å². The number of carbonyl (C=O) groups excluding carboxylic acids is 1. The van der Waals surface area contributed by atoms with E-state index in [2.05, 4.69) is 17.6 Å². The van der Waals surface area contributed by atoms with Crippen LogP contribution in [0, 0.1) is 0 Å². The van der Waals surface area contributed by atoms with Gasteiger partial charge in [-0.2, -0.15) is 0 Å². The van der Waals surface area contributed by atoms with Crippen LogP contribution < -0.4 is 10.6 Å². The quantitative estimate of drug-likeness (QED) is 0.693. The molecule has 0 heterocycles. The Hall–Kier alpha value is -1.46. The number of benzene rings is 1. The monoisotopic (exact) mass is 318 g/mol. The standard InChI is InChI=1S/C13H16Cl2N2O3/c1-2-3-4-5-16-13(20)17-11-9(12(18)19)6-8(14)7-10(11)15/h6-7H,2-5H2,1H3,(H,18,19)(H2,16,17,20). The molecule has 0 saturated heterocycles. The van der Waals surface area contributed by atoms with Crippen LogP contribution in [0.5, 0.6) is 0 Å². The zero-order chi connectivity index (χ0) is 15.1. The van der Waals surface area contributed by atoms with Crippen LogP contribution in [0.25, 0.3) is 0 Å². The van der Waals surface area contributed by atoms with E-state index < -0.39 is 12.0 Å². The molecular weight excluding hydrogens is 303 g/mol. The highest BCUT2D eigenvalue weighted by Gasteiger charge is 2.17. The summed E-state index contributed by atoms with van der Waals surface area (Å²) in [6.45, 7) is 2.58. The Morgan fingerprint density at radius 1 is 1.25 bits per heavy atom. The van der Waals surface area contributed by atoms with Gasteiger partial charge in [0.1, 0.15) is 0 Å². The van der Waals surface area contributed by atoms with Gasteiger partial charge in [-0.1, -0.05) is 43.0 Å². The molecule has 0 atom stereocenters. The number of halogens is 2. The van der Waals surface area contributed by atoms with Crippen LogP contribution in [0.4, 0.5) is 10.5 Å². The van der Waals surface area contributed by atoms with Crippen molar-refractivity contribution in [3.8, 4) is 0 Å². The van der Waals surface area contributed by atoms with Gasteiger partial charge >= 0.3 is 12.0 Å². The Labute approximate surface area is 127 Å². The van der Waals surface area contributed by atoms with Gasteiger partial charge < -0.3 is 15.7 Å². The van der Waals surface area contributed by atoms with Crippen LogP contribution in [0.3, 0.4) is 0 Å². The number of anilines is 1. The number of aromatic carboxylic acids is 1. The molecule has 0 unspecified atom stereocenters. The second-order valence-electron chi connectivity index (χ2n) is 4.20. The van der Waals surface area contributed by atoms with Crippen LogP contribution in [-0.4, -0.2) is 23.7 Å². The summed E-state index contributed by atoms with van der Waals surface area (Å²) in [7, 11) is 0. The lowest BCUT2D eigenvalue weighted by molar-refractivity contribution is 0.0698. The van der Waals surface area contributed by atoms with Gasteiger partial charge in [-0.05, 0) is 18.6 Å². The molecule has 0 spiro atoms. The maximum absolute atomic E-state index is 11.7. The van der Waals surface area contributed by atoms with E-state index in [1.807, 2.05) is 0 Å². The van der Waals surface area contributed by atoms with Gasteiger partial charge in [0.25, 0.3) is 0 Å². The summed E-state index contributed by atoms with van der Waals surface area (Å²) in [5, 5.41) is 14.4. The number of unbranched alkanes of at least 4 members (excludes halogenated alkanes) is 2. The number of urea groups is 1. The molecule has 0 fully saturated rings. The molecule has 0 radical (unpaired) electrons. The molecule has 0 saturated carbocycles. The van der Waals surface area contributed by atoms with Crippen molar-refractivity contribution in [2.75, 3.05) is 11.9 Å². The Morgan fingerprint density at radius 3 is 2.55 bits per heavy atom. The molecule has 3 N–H and O–H groups in total. The summed E-state index contributed by atoms with van der Waals surface area (Å²) in [4.78, 5) is 22.8. The highest BCUT2D eigenvalue weighted by molar-refractivity contribution is 6.37. The van der Waals surface area contributed by atoms with Gasteiger partial charge in [0.2, 0.25) is 0 Å². The van der Waals surface area contributed by atoms with E-state index in [9.17, 15) is 9.59 Å². The van der Waals surface area contributed by atoms with Gasteiger partial charge in [-0.15, -0.1) is 0 Å². The van der Waals surface area contributed by atoms with Gasteiger partial charge in [0, 0.05) is 11.6 Å². The van der Waals surface area contributed by atoms with Crippen molar-refractivity contribution in [1.82, 2.24) is 5.32 Å². The van der Waals surface area contributed by atoms with Crippen molar-refractivity contribution in [2.45, 2.75) is 26.2 Å². The Kier molecular flexibility index (Phi) is 6.61. The lowest BCUT2D eigenvalue weighted by Gasteiger charge is -2.12. The average molecular weight is 319 g/mol. The molecule has 0 aromatic heterocycles. The van der Waals surface area contributed by atoms with Crippen LogP contribution in [-0.2, 0) is 0 Å². The summed E-state index contributed by atoms with van der Waals surface area (Å²) in [5.41, 5.74) is -0.109. The molecule has 20 heavy (non-hydrogen) atoms. The minimum Gasteiger partial charge on any atom is -0.478 e. The average Bonchev–Trinajstić information content (AvgIpc) is 2.37. The summed E-state index contributed by atoms with van der Waals surface area (Å²) >= 11 is 11.7. The van der Waals surface area contributed by atoms with Crippen molar-refractivity contribution in [2.24, 2.45) is 0 Å². The molecule has 1 rings (SSSR count). The molecule has 0 bridgehead atoms. The van der Waals surface area contributed by atoms with Crippen molar-refractivity contribution in [3.63, 3.8) is 0 Å². The zero-order valence-electron chi connectivity index (χ0n) is 11.0. The maximum Gasteiger partial charge on any atom is 0.337 e. The summed E-state index contributed by atoms with van der Waals surface area (Å²) < 4.78 is 0. The van der Waals surface area contributed by atoms with Crippen LogP contribution in [0.2, 0.25) is 10.0 Å². The first kappa shape index (κ1) is 16.6. The minimum absolute atomic E-state index is 0.0385. The molecule has 1 aromatic carbocycles. The van der Waals surface area contributed by atoms with Crippen molar-refractivity contribution in [1.29, 1.82) is 0 Å². The maximum atomic E-state index is 11.7. The van der Waals surface area contributed by atoms with E-state index >= 15 is 0 Å². The first-order valence-corrected chi connectivity index (χ1v) is 6.98. The Bertz CT molecular complexity index is 507. The zero-order valence-corrected chi connectivity index (χ0v) is 12.5. The summed E-state index contributed by atoms with van der Waals surface area (Å²) in [5.74, 6) is -1.21. The lowest BCUT2D eigenvalue weighted by Crippen LogP contribution is -2.30. The molecule has 0 aliphatic carbocycles. The molecule has 2 amide bonds. The minimum atomic E-state index is -1.21. The largest absolute Gasteiger partial charge is 0.478 e. The number of hydrogen-bond donors (Lipinski definition) is 3. The number of nitrogens with one attached hydrogen (secondary N) is 2. The van der Waals surface area contributed by atoms with E-state index in [1.54, 1.807) is 0 Å². The first-order valence-electron chi connectivity index (χ1n) is 6.23. The van der Waals surface area contributed by atoms with Gasteiger partial charge in [0.05, 0.1) is 16.3 Å². The molecule has 7 heteroatoms. The van der Waals surface area contributed by atoms with E-state index in [4.69, 9.17) is 28.3 Å². The predicted molar refractivity (Wildman–Crippen MR) is 80.0 cm³/mol. The Morgan fingerprint density at radius 2 is 1.95 bits per heavy atom. The second-order valence-corrected chi connectivity index (χ2v) is 5.05. The molecule has 110 valence electrons. The Balaban J connectivity index is 2.76. The molecule has 5 nitrogen and oxygen atoms in total. The topological polar surface area (TPSA) is 78.4 Å². The van der Waals surface area contributed by atoms with Crippen LogP contribution in [0.1, 0.15) is 36.5 Å². The molecule has 0 aliphatic rings. The third kappa shape index (κ3) is 4.90. The van der Waals surface area contributed by atoms with Crippen molar-refractivity contribution < 1.29 is 14.7 Å². The third-order valence-electron chi connectivity index (χ3n) is 2.59. The number of hydrogen-bond acceptors (Lipinski definition) is 2. The first-order chi connectivity index (χ1) is 9.45. The fourth-order valence-corrected chi connectivity index (χ4v) is 2.14. The highest BCUT2D eigenvalue weighted by atomic mass is 35.5. The number of carboxylic acid groups (broad SMARTS) is 1. The fourth-order valence-electron chi connectivity index (χ4n) is 1.60. The van der Waals surface area contributed by atoms with Crippen LogP contribution in [0.15, 0.2) is 12.1 Å². The number of carboxylic acids is 1. The smallest absolute Gasteiger partial charge is 0.337 e. The predicted octanol–water partition coefficient (Wildman–Crippen LogP) is 4.00. The van der Waals surface area contributed by atoms with E-state index in [-0.39, 0.29) is 21.3 Å². The molecular formula is C13H16Cl2N2O3. The summed E-state index contributed by atoms with van der Waals surface area (Å²) in [6.07, 6.45) is 2.93. The van der Waals surface area contributed by atoms with E-state index in [1.165, 1.54) is 12.1 Å². The van der Waals surface area contributed by atoms with Gasteiger partial charge in [0.15, 0.2) is 0 Å². The SMILES string of the molecule is CCCCCNC(=O)Nc1c(Cl)cc(Cl)cc1C(=O)O. The lowest BCUT2D eigenvalue weighted by atomic mass is 10.2. The number of carbonyl (C=O) groups is 2. The number of rotatable bonds is 6. The van der Waals surface area contributed by atoms with Crippen LogP contribution >= 0.6 is 23.2 Å². The van der Waals surface area contributed by atoms with E-state index in [0.29, 0.717) is 6.54 Å². The fraction of sp³-hybridized carbons (Fsp3) is 0.385. The molecule has 0 aliphatic heterocycles. The second kappa shape index (κ2) is 7.97. The van der Waals surface area contributed by atoms with Gasteiger partial charge in [-0.3, -0.25) is 0 Å². The molecule has 1 aromatic rings. The van der Waals surface area contributed by atoms with Crippen molar-refractivity contribution in [3.05, 3.63) is 27.7 Å². The number of amides is 2. The highest BCUT2D eigenvalue weighted by Crippen LogP contribution is 2.30. The van der Waals surface area contributed by atoms with Crippen molar-refractivity contribution >= 4 is 40.9 Å².